The average Bonchev–Trinajstić information content (AvgIpc) is 3.04. The highest BCUT2D eigenvalue weighted by atomic mass is 32.2. The number of piperidine rings is 1. The number of imidazole rings is 1. The molecule has 3 heterocycles. The van der Waals surface area contributed by atoms with E-state index in [4.69, 9.17) is 0 Å². The van der Waals surface area contributed by atoms with E-state index < -0.39 is 0 Å². The first-order valence-electron chi connectivity index (χ1n) is 6.93. The van der Waals surface area contributed by atoms with Gasteiger partial charge in [0.25, 0.3) is 0 Å². The van der Waals surface area contributed by atoms with Gasteiger partial charge in [0.05, 0.1) is 6.33 Å². The number of thioether (sulfide) groups is 1. The van der Waals surface area contributed by atoms with Gasteiger partial charge in [-0.05, 0) is 19.4 Å². The van der Waals surface area contributed by atoms with Crippen LogP contribution >= 0.6 is 11.8 Å². The Hall–Kier alpha value is -1.34. The Balaban J connectivity index is 1.68. The molecule has 20 heavy (non-hydrogen) atoms. The Morgan fingerprint density at radius 1 is 1.40 bits per heavy atom. The number of aromatic nitrogens is 5. The summed E-state index contributed by atoms with van der Waals surface area (Å²) < 4.78 is 4.17. The van der Waals surface area contributed by atoms with Crippen molar-refractivity contribution in [2.24, 2.45) is 14.1 Å². The van der Waals surface area contributed by atoms with Crippen molar-refractivity contribution in [2.75, 3.05) is 13.1 Å². The zero-order valence-corrected chi connectivity index (χ0v) is 12.7. The maximum Gasteiger partial charge on any atom is 0.191 e. The second kappa shape index (κ2) is 5.97. The first kappa shape index (κ1) is 13.6. The van der Waals surface area contributed by atoms with E-state index in [2.05, 4.69) is 32.1 Å². The second-order valence-electron chi connectivity index (χ2n) is 5.23. The lowest BCUT2D eigenvalue weighted by atomic mass is 9.99. The van der Waals surface area contributed by atoms with E-state index in [0.717, 1.165) is 29.8 Å². The Morgan fingerprint density at radius 2 is 2.30 bits per heavy atom. The topological polar surface area (TPSA) is 60.6 Å². The first-order chi connectivity index (χ1) is 9.75. The maximum absolute atomic E-state index is 4.39. The van der Waals surface area contributed by atoms with Crippen molar-refractivity contribution in [2.45, 2.75) is 29.7 Å². The van der Waals surface area contributed by atoms with Crippen molar-refractivity contribution in [1.82, 2.24) is 29.6 Å². The molecule has 1 aliphatic heterocycles. The normalized spacial score (nSPS) is 19.4. The lowest BCUT2D eigenvalue weighted by Gasteiger charge is -2.21. The lowest BCUT2D eigenvalue weighted by Crippen LogP contribution is -2.29. The molecule has 6 nitrogen and oxygen atoms in total. The zero-order valence-electron chi connectivity index (χ0n) is 11.9. The smallest absolute Gasteiger partial charge is 0.191 e. The van der Waals surface area contributed by atoms with E-state index in [1.165, 1.54) is 18.5 Å². The fraction of sp³-hybridized carbons (Fsp3) is 0.615. The fourth-order valence-corrected chi connectivity index (χ4v) is 3.48. The summed E-state index contributed by atoms with van der Waals surface area (Å²) in [5.74, 6) is 2.46. The summed E-state index contributed by atoms with van der Waals surface area (Å²) >= 11 is 1.71. The van der Waals surface area contributed by atoms with Gasteiger partial charge in [0.15, 0.2) is 5.16 Å². The molecule has 0 radical (unpaired) electrons. The van der Waals surface area contributed by atoms with Crippen LogP contribution in [0.5, 0.6) is 0 Å². The van der Waals surface area contributed by atoms with Gasteiger partial charge in [-0.3, -0.25) is 0 Å². The minimum absolute atomic E-state index is 0.493. The molecule has 7 heteroatoms. The molecule has 0 aromatic carbocycles. The molecule has 0 spiro atoms. The maximum atomic E-state index is 4.39. The molecule has 3 rings (SSSR count). The van der Waals surface area contributed by atoms with E-state index in [1.54, 1.807) is 11.8 Å². The van der Waals surface area contributed by atoms with Gasteiger partial charge in [-0.1, -0.05) is 11.8 Å². The number of hydrogen-bond donors (Lipinski definition) is 1. The van der Waals surface area contributed by atoms with Gasteiger partial charge >= 0.3 is 0 Å². The summed E-state index contributed by atoms with van der Waals surface area (Å²) in [6, 6.07) is 0. The number of aryl methyl sites for hydroxylation is 1. The van der Waals surface area contributed by atoms with Crippen LogP contribution in [-0.4, -0.2) is 37.4 Å². The highest BCUT2D eigenvalue weighted by Crippen LogP contribution is 2.26. The first-order valence-corrected chi connectivity index (χ1v) is 7.92. The minimum Gasteiger partial charge on any atom is -0.337 e. The molecule has 1 atom stereocenters. The number of rotatable bonds is 4. The van der Waals surface area contributed by atoms with Crippen molar-refractivity contribution >= 4 is 11.8 Å². The van der Waals surface area contributed by atoms with Crippen molar-refractivity contribution < 1.29 is 0 Å². The third-order valence-electron chi connectivity index (χ3n) is 3.80. The summed E-state index contributed by atoms with van der Waals surface area (Å²) in [5.41, 5.74) is 1.19. The molecular weight excluding hydrogens is 272 g/mol. The van der Waals surface area contributed by atoms with Gasteiger partial charge in [0.1, 0.15) is 5.82 Å². The predicted molar refractivity (Wildman–Crippen MR) is 78.6 cm³/mol. The van der Waals surface area contributed by atoms with Crippen LogP contribution in [0.1, 0.15) is 30.3 Å². The predicted octanol–water partition coefficient (Wildman–Crippen LogP) is 1.31. The van der Waals surface area contributed by atoms with Crippen LogP contribution in [0.25, 0.3) is 0 Å². The van der Waals surface area contributed by atoms with Crippen LogP contribution in [0.4, 0.5) is 0 Å². The summed E-state index contributed by atoms with van der Waals surface area (Å²) in [6.07, 6.45) is 6.14. The SMILES string of the molecule is Cn1cncc1CSc1nnc([C@@H]2CCCNC2)n1C. The largest absolute Gasteiger partial charge is 0.337 e. The van der Waals surface area contributed by atoms with Gasteiger partial charge in [0.2, 0.25) is 0 Å². The Labute approximate surface area is 123 Å². The highest BCUT2D eigenvalue weighted by Gasteiger charge is 2.21. The van der Waals surface area contributed by atoms with Crippen LogP contribution in [0.2, 0.25) is 0 Å². The third kappa shape index (κ3) is 2.73. The number of nitrogens with zero attached hydrogens (tertiary/aromatic N) is 5. The fourth-order valence-electron chi connectivity index (χ4n) is 2.54. The molecule has 1 fully saturated rings. The van der Waals surface area contributed by atoms with E-state index >= 15 is 0 Å². The van der Waals surface area contributed by atoms with Crippen LogP contribution in [0.3, 0.4) is 0 Å². The molecule has 2 aromatic heterocycles. The van der Waals surface area contributed by atoms with Crippen LogP contribution < -0.4 is 5.32 Å². The standard InChI is InChI=1S/C13H20N6S/c1-18-9-15-7-11(18)8-20-13-17-16-12(19(13)2)10-4-3-5-14-6-10/h7,9-10,14H,3-6,8H2,1-2H3/t10-/m1/s1. The van der Waals surface area contributed by atoms with Gasteiger partial charge in [-0.2, -0.15) is 0 Å². The van der Waals surface area contributed by atoms with Gasteiger partial charge in [0, 0.05) is 44.2 Å². The molecule has 0 unspecified atom stereocenters. The zero-order chi connectivity index (χ0) is 13.9. The van der Waals surface area contributed by atoms with Crippen molar-refractivity contribution in [1.29, 1.82) is 0 Å². The summed E-state index contributed by atoms with van der Waals surface area (Å²) in [7, 11) is 4.08. The molecule has 1 aliphatic rings. The van der Waals surface area contributed by atoms with Gasteiger partial charge in [-0.25, -0.2) is 4.98 Å². The van der Waals surface area contributed by atoms with Gasteiger partial charge in [-0.15, -0.1) is 10.2 Å². The van der Waals surface area contributed by atoms with E-state index in [0.29, 0.717) is 5.92 Å². The van der Waals surface area contributed by atoms with E-state index in [9.17, 15) is 0 Å². The van der Waals surface area contributed by atoms with Crippen LogP contribution in [0, 0.1) is 0 Å². The summed E-state index contributed by atoms with van der Waals surface area (Å²) in [5, 5.41) is 13.1. The minimum atomic E-state index is 0.493. The quantitative estimate of drug-likeness (QED) is 0.861. The van der Waals surface area contributed by atoms with Crippen molar-refractivity contribution in [3.8, 4) is 0 Å². The van der Waals surface area contributed by atoms with Gasteiger partial charge < -0.3 is 14.5 Å². The van der Waals surface area contributed by atoms with E-state index in [-0.39, 0.29) is 0 Å². The Bertz CT molecular complexity index is 569. The van der Waals surface area contributed by atoms with Crippen LogP contribution in [-0.2, 0) is 19.8 Å². The molecule has 0 saturated carbocycles. The lowest BCUT2D eigenvalue weighted by molar-refractivity contribution is 0.436. The molecule has 1 saturated heterocycles. The summed E-state index contributed by atoms with van der Waals surface area (Å²) in [4.78, 5) is 4.13. The Kier molecular flexibility index (Phi) is 4.07. The third-order valence-corrected chi connectivity index (χ3v) is 4.85. The van der Waals surface area contributed by atoms with Crippen molar-refractivity contribution in [3.05, 3.63) is 24.0 Å². The van der Waals surface area contributed by atoms with Crippen molar-refractivity contribution in [3.63, 3.8) is 0 Å². The van der Waals surface area contributed by atoms with Crippen LogP contribution in [0.15, 0.2) is 17.7 Å². The second-order valence-corrected chi connectivity index (χ2v) is 6.17. The monoisotopic (exact) mass is 292 g/mol. The number of nitrogens with one attached hydrogen (secondary N) is 1. The Morgan fingerprint density at radius 3 is 3.00 bits per heavy atom. The molecule has 0 bridgehead atoms. The molecule has 2 aromatic rings. The average molecular weight is 292 g/mol. The highest BCUT2D eigenvalue weighted by molar-refractivity contribution is 7.98. The molecular formula is C13H20N6S. The molecule has 1 N–H and O–H groups in total. The number of hydrogen-bond acceptors (Lipinski definition) is 5. The van der Waals surface area contributed by atoms with E-state index in [1.807, 2.05) is 24.1 Å². The summed E-state index contributed by atoms with van der Waals surface area (Å²) in [6.45, 7) is 2.13. The molecule has 0 aliphatic carbocycles. The molecule has 108 valence electrons. The molecule has 0 amide bonds.